The van der Waals surface area contributed by atoms with Crippen molar-refractivity contribution in [2.45, 2.75) is 20.0 Å². The molecule has 4 aromatic rings. The molecule has 3 N–H and O–H groups in total. The van der Waals surface area contributed by atoms with E-state index in [4.69, 9.17) is 9.47 Å². The van der Waals surface area contributed by atoms with Crippen LogP contribution >= 0.6 is 12.4 Å². The maximum absolute atomic E-state index is 9.96. The fourth-order valence-corrected chi connectivity index (χ4v) is 2.99. The Labute approximate surface area is 179 Å². The van der Waals surface area contributed by atoms with Gasteiger partial charge < -0.3 is 24.9 Å². The van der Waals surface area contributed by atoms with Gasteiger partial charge in [0, 0.05) is 35.6 Å². The first-order valence-corrected chi connectivity index (χ1v) is 9.10. The molecule has 0 spiro atoms. The Hall–Kier alpha value is -3.52. The SMILES string of the molecule is COc1cc2c(Nc3ccc(C)c(O)c3)ncnc2cc1OC(C)c1ncc[nH]1.Cl. The number of nitrogens with one attached hydrogen (secondary N) is 2. The van der Waals surface area contributed by atoms with Crippen molar-refractivity contribution in [1.29, 1.82) is 0 Å². The van der Waals surface area contributed by atoms with Crippen LogP contribution in [0.1, 0.15) is 24.4 Å². The summed E-state index contributed by atoms with van der Waals surface area (Å²) in [5.41, 5.74) is 2.22. The topological polar surface area (TPSA) is 105 Å². The van der Waals surface area contributed by atoms with E-state index in [9.17, 15) is 5.11 Å². The van der Waals surface area contributed by atoms with Crippen molar-refractivity contribution in [2.24, 2.45) is 0 Å². The largest absolute Gasteiger partial charge is 0.508 e. The van der Waals surface area contributed by atoms with E-state index >= 15 is 0 Å². The van der Waals surface area contributed by atoms with E-state index in [2.05, 4.69) is 25.3 Å². The minimum Gasteiger partial charge on any atom is -0.508 e. The summed E-state index contributed by atoms with van der Waals surface area (Å²) in [4.78, 5) is 16.0. The molecule has 0 fully saturated rings. The van der Waals surface area contributed by atoms with Gasteiger partial charge in [-0.1, -0.05) is 6.07 Å². The van der Waals surface area contributed by atoms with E-state index in [1.165, 1.54) is 6.33 Å². The van der Waals surface area contributed by atoms with Gasteiger partial charge in [0.2, 0.25) is 0 Å². The van der Waals surface area contributed by atoms with Crippen molar-refractivity contribution in [3.8, 4) is 17.2 Å². The van der Waals surface area contributed by atoms with E-state index in [-0.39, 0.29) is 24.3 Å². The first kappa shape index (κ1) is 21.2. The molecule has 0 aliphatic heterocycles. The van der Waals surface area contributed by atoms with Gasteiger partial charge in [0.1, 0.15) is 23.7 Å². The summed E-state index contributed by atoms with van der Waals surface area (Å²) in [6, 6.07) is 9.01. The number of hydrogen-bond donors (Lipinski definition) is 3. The molecule has 30 heavy (non-hydrogen) atoms. The highest BCUT2D eigenvalue weighted by molar-refractivity contribution is 5.93. The van der Waals surface area contributed by atoms with Crippen molar-refractivity contribution < 1.29 is 14.6 Å². The van der Waals surface area contributed by atoms with Gasteiger partial charge in [0.25, 0.3) is 0 Å². The molecule has 1 unspecified atom stereocenters. The Morgan fingerprint density at radius 3 is 2.63 bits per heavy atom. The number of methoxy groups -OCH3 is 1. The molecule has 156 valence electrons. The highest BCUT2D eigenvalue weighted by atomic mass is 35.5. The number of aromatic nitrogens is 4. The maximum Gasteiger partial charge on any atom is 0.164 e. The number of fused-ring (bicyclic) bond motifs is 1. The van der Waals surface area contributed by atoms with Crippen LogP contribution in [0.15, 0.2) is 49.1 Å². The standard InChI is InChI=1S/C21H21N5O3.ClH/c1-12-4-5-14(8-17(12)27)26-21-15-9-18(28-3)19(10-16(15)24-11-25-21)29-13(2)20-22-6-7-23-20;/h4-11,13,27H,1-3H3,(H,22,23)(H,24,25,26);1H. The first-order valence-electron chi connectivity index (χ1n) is 9.10. The fourth-order valence-electron chi connectivity index (χ4n) is 2.99. The lowest BCUT2D eigenvalue weighted by atomic mass is 10.2. The number of ether oxygens (including phenoxy) is 2. The van der Waals surface area contributed by atoms with Gasteiger partial charge in [-0.15, -0.1) is 12.4 Å². The lowest BCUT2D eigenvalue weighted by Gasteiger charge is -2.17. The third-order valence-electron chi connectivity index (χ3n) is 4.60. The van der Waals surface area contributed by atoms with Crippen molar-refractivity contribution in [1.82, 2.24) is 19.9 Å². The molecular formula is C21H22ClN5O3. The number of hydrogen-bond acceptors (Lipinski definition) is 7. The second kappa shape index (κ2) is 8.87. The van der Waals surface area contributed by atoms with Gasteiger partial charge in [0.05, 0.1) is 12.6 Å². The average molecular weight is 428 g/mol. The molecule has 0 aliphatic rings. The molecule has 8 nitrogen and oxygen atoms in total. The Morgan fingerprint density at radius 2 is 1.93 bits per heavy atom. The molecule has 0 radical (unpaired) electrons. The number of aromatic amines is 1. The number of H-pyrrole nitrogens is 1. The van der Waals surface area contributed by atoms with Crippen molar-refractivity contribution in [3.63, 3.8) is 0 Å². The predicted octanol–water partition coefficient (Wildman–Crippen LogP) is 4.68. The molecular weight excluding hydrogens is 406 g/mol. The number of benzene rings is 2. The lowest BCUT2D eigenvalue weighted by Crippen LogP contribution is -2.06. The van der Waals surface area contributed by atoms with Crippen LogP contribution in [0.4, 0.5) is 11.5 Å². The Bertz CT molecular complexity index is 1150. The molecule has 1 atom stereocenters. The number of anilines is 2. The van der Waals surface area contributed by atoms with Crippen molar-refractivity contribution in [3.05, 3.63) is 60.4 Å². The minimum absolute atomic E-state index is 0. The third-order valence-corrected chi connectivity index (χ3v) is 4.60. The summed E-state index contributed by atoms with van der Waals surface area (Å²) in [5, 5.41) is 13.9. The van der Waals surface area contributed by atoms with Gasteiger partial charge in [0.15, 0.2) is 17.6 Å². The van der Waals surface area contributed by atoms with Crippen LogP contribution in [0.25, 0.3) is 10.9 Å². The van der Waals surface area contributed by atoms with Gasteiger partial charge in [-0.2, -0.15) is 0 Å². The molecule has 9 heteroatoms. The Kier molecular flexibility index (Phi) is 6.27. The highest BCUT2D eigenvalue weighted by Crippen LogP contribution is 2.37. The minimum atomic E-state index is -0.286. The van der Waals surface area contributed by atoms with Gasteiger partial charge in [-0.25, -0.2) is 15.0 Å². The molecule has 4 rings (SSSR count). The molecule has 0 aliphatic carbocycles. The third kappa shape index (κ3) is 4.23. The summed E-state index contributed by atoms with van der Waals surface area (Å²) < 4.78 is 11.6. The lowest BCUT2D eigenvalue weighted by molar-refractivity contribution is 0.208. The molecule has 2 aromatic heterocycles. The summed E-state index contributed by atoms with van der Waals surface area (Å²) in [7, 11) is 1.58. The number of nitrogens with zero attached hydrogens (tertiary/aromatic N) is 3. The molecule has 0 amide bonds. The normalized spacial score (nSPS) is 11.6. The zero-order valence-corrected chi connectivity index (χ0v) is 17.5. The fraction of sp³-hybridized carbons (Fsp3) is 0.190. The first-order chi connectivity index (χ1) is 14.0. The number of halogens is 1. The Balaban J connectivity index is 0.00000256. The van der Waals surface area contributed by atoms with E-state index in [0.717, 1.165) is 22.5 Å². The molecule has 0 bridgehead atoms. The Morgan fingerprint density at radius 1 is 1.10 bits per heavy atom. The number of aromatic hydroxyl groups is 1. The number of aryl methyl sites for hydroxylation is 1. The number of phenolic OH excluding ortho intramolecular Hbond substituents is 1. The van der Waals surface area contributed by atoms with E-state index in [1.54, 1.807) is 25.6 Å². The quantitative estimate of drug-likeness (QED) is 0.410. The summed E-state index contributed by atoms with van der Waals surface area (Å²) >= 11 is 0. The molecule has 2 heterocycles. The van der Waals surface area contributed by atoms with E-state index in [0.29, 0.717) is 22.8 Å². The van der Waals surface area contributed by atoms with Gasteiger partial charge >= 0.3 is 0 Å². The summed E-state index contributed by atoms with van der Waals surface area (Å²) in [6.45, 7) is 3.74. The van der Waals surface area contributed by atoms with E-state index < -0.39 is 0 Å². The second-order valence-corrected chi connectivity index (χ2v) is 6.60. The number of rotatable bonds is 6. The summed E-state index contributed by atoms with van der Waals surface area (Å²) in [5.74, 6) is 2.65. The average Bonchev–Trinajstić information content (AvgIpc) is 3.25. The maximum atomic E-state index is 9.96. The van der Waals surface area contributed by atoms with Crippen LogP contribution < -0.4 is 14.8 Å². The van der Waals surface area contributed by atoms with Gasteiger partial charge in [-0.05, 0) is 31.5 Å². The van der Waals surface area contributed by atoms with Gasteiger partial charge in [-0.3, -0.25) is 0 Å². The van der Waals surface area contributed by atoms with Crippen LogP contribution in [0.2, 0.25) is 0 Å². The predicted molar refractivity (Wildman–Crippen MR) is 117 cm³/mol. The monoisotopic (exact) mass is 427 g/mol. The van der Waals surface area contributed by atoms with Crippen LogP contribution in [-0.2, 0) is 0 Å². The molecule has 2 aromatic carbocycles. The van der Waals surface area contributed by atoms with E-state index in [1.807, 2.05) is 38.1 Å². The van der Waals surface area contributed by atoms with Crippen LogP contribution in [-0.4, -0.2) is 32.2 Å². The second-order valence-electron chi connectivity index (χ2n) is 6.60. The zero-order valence-electron chi connectivity index (χ0n) is 16.7. The smallest absolute Gasteiger partial charge is 0.164 e. The number of phenols is 1. The number of imidazole rings is 1. The molecule has 0 saturated carbocycles. The molecule has 0 saturated heterocycles. The van der Waals surface area contributed by atoms with Crippen molar-refractivity contribution in [2.75, 3.05) is 12.4 Å². The van der Waals surface area contributed by atoms with Crippen LogP contribution in [0.5, 0.6) is 17.2 Å². The van der Waals surface area contributed by atoms with Crippen LogP contribution in [0, 0.1) is 6.92 Å². The zero-order chi connectivity index (χ0) is 20.4. The van der Waals surface area contributed by atoms with Crippen molar-refractivity contribution >= 4 is 34.8 Å². The van der Waals surface area contributed by atoms with Crippen LogP contribution in [0.3, 0.4) is 0 Å². The highest BCUT2D eigenvalue weighted by Gasteiger charge is 2.16. The summed E-state index contributed by atoms with van der Waals surface area (Å²) in [6.07, 6.45) is 4.62.